The predicted octanol–water partition coefficient (Wildman–Crippen LogP) is 0.801. The minimum absolute atomic E-state index is 0.161. The van der Waals surface area contributed by atoms with Crippen molar-refractivity contribution in [2.75, 3.05) is 23.5 Å². The molecule has 4 nitrogen and oxygen atoms in total. The normalized spacial score (nSPS) is 11.5. The van der Waals surface area contributed by atoms with Crippen molar-refractivity contribution >= 4 is 27.3 Å². The summed E-state index contributed by atoms with van der Waals surface area (Å²) in [5, 5.41) is 0.758. The molecule has 2 N–H and O–H groups in total. The topological polar surface area (TPSA) is 73.0 Å². The number of hydrogen-bond acceptors (Lipinski definition) is 5. The molecule has 0 bridgehead atoms. The summed E-state index contributed by atoms with van der Waals surface area (Å²) in [5.74, 6) is 0.670. The highest BCUT2D eigenvalue weighted by atomic mass is 32.2. The highest BCUT2D eigenvalue weighted by Crippen LogP contribution is 2.17. The Labute approximate surface area is 87.8 Å². The van der Waals surface area contributed by atoms with Crippen molar-refractivity contribution in [2.45, 2.75) is 5.03 Å². The quantitative estimate of drug-likeness (QED) is 0.777. The minimum atomic E-state index is -2.88. The second-order valence-electron chi connectivity index (χ2n) is 2.91. The summed E-state index contributed by atoms with van der Waals surface area (Å²) < 4.78 is 21.7. The molecule has 0 atom stereocenters. The van der Waals surface area contributed by atoms with Gasteiger partial charge in [-0.05, 0) is 12.1 Å². The molecule has 0 saturated carbocycles. The number of nitrogens with two attached hydrogens (primary N) is 1. The van der Waals surface area contributed by atoms with Crippen LogP contribution in [0, 0.1) is 0 Å². The minimum Gasteiger partial charge on any atom is -0.399 e. The van der Waals surface area contributed by atoms with Crippen molar-refractivity contribution in [3.8, 4) is 0 Å². The smallest absolute Gasteiger partial charge is 0.148 e. The number of aromatic nitrogens is 1. The van der Waals surface area contributed by atoms with Gasteiger partial charge in [-0.3, -0.25) is 0 Å². The SMILES string of the molecule is CS(=O)(=O)CCSc1cc(N)ccn1. The lowest BCUT2D eigenvalue weighted by atomic mass is 10.4. The van der Waals surface area contributed by atoms with Crippen molar-refractivity contribution in [1.29, 1.82) is 0 Å². The molecule has 1 heterocycles. The van der Waals surface area contributed by atoms with Gasteiger partial charge < -0.3 is 5.73 Å². The Bertz CT molecular complexity index is 404. The number of hydrogen-bond donors (Lipinski definition) is 1. The largest absolute Gasteiger partial charge is 0.399 e. The first-order valence-corrected chi connectivity index (χ1v) is 7.04. The van der Waals surface area contributed by atoms with Gasteiger partial charge in [-0.15, -0.1) is 11.8 Å². The van der Waals surface area contributed by atoms with Crippen molar-refractivity contribution in [3.63, 3.8) is 0 Å². The van der Waals surface area contributed by atoms with E-state index in [0.717, 1.165) is 5.03 Å². The lowest BCUT2D eigenvalue weighted by molar-refractivity contribution is 0.603. The van der Waals surface area contributed by atoms with Crippen LogP contribution in [-0.2, 0) is 9.84 Å². The lowest BCUT2D eigenvalue weighted by Crippen LogP contribution is -2.05. The average molecular weight is 232 g/mol. The van der Waals surface area contributed by atoms with Gasteiger partial charge in [-0.25, -0.2) is 13.4 Å². The third-order valence-corrected chi connectivity index (χ3v) is 3.59. The Morgan fingerprint density at radius 3 is 2.86 bits per heavy atom. The zero-order chi connectivity index (χ0) is 10.6. The van der Waals surface area contributed by atoms with E-state index in [1.807, 2.05) is 0 Å². The van der Waals surface area contributed by atoms with Gasteiger partial charge in [0.15, 0.2) is 0 Å². The Morgan fingerprint density at radius 2 is 2.29 bits per heavy atom. The summed E-state index contributed by atoms with van der Waals surface area (Å²) in [6.45, 7) is 0. The highest BCUT2D eigenvalue weighted by molar-refractivity contribution is 8.00. The summed E-state index contributed by atoms with van der Waals surface area (Å²) >= 11 is 1.39. The number of anilines is 1. The van der Waals surface area contributed by atoms with Crippen LogP contribution < -0.4 is 5.73 Å². The van der Waals surface area contributed by atoms with Gasteiger partial charge in [0.25, 0.3) is 0 Å². The molecule has 0 fully saturated rings. The molecule has 14 heavy (non-hydrogen) atoms. The van der Waals surface area contributed by atoms with Crippen molar-refractivity contribution < 1.29 is 8.42 Å². The number of pyridine rings is 1. The van der Waals surface area contributed by atoms with E-state index >= 15 is 0 Å². The number of sulfone groups is 1. The van der Waals surface area contributed by atoms with Crippen LogP contribution >= 0.6 is 11.8 Å². The van der Waals surface area contributed by atoms with Crippen molar-refractivity contribution in [2.24, 2.45) is 0 Å². The molecule has 1 aromatic rings. The van der Waals surface area contributed by atoms with Gasteiger partial charge in [-0.2, -0.15) is 0 Å². The van der Waals surface area contributed by atoms with E-state index in [4.69, 9.17) is 5.73 Å². The van der Waals surface area contributed by atoms with E-state index < -0.39 is 9.84 Å². The van der Waals surface area contributed by atoms with Crippen LogP contribution in [0.15, 0.2) is 23.4 Å². The number of thioether (sulfide) groups is 1. The summed E-state index contributed by atoms with van der Waals surface area (Å²) in [5.41, 5.74) is 6.19. The molecular weight excluding hydrogens is 220 g/mol. The third-order valence-electron chi connectivity index (χ3n) is 1.46. The van der Waals surface area contributed by atoms with Crippen LogP contribution in [0.4, 0.5) is 5.69 Å². The molecular formula is C8H12N2O2S2. The van der Waals surface area contributed by atoms with Gasteiger partial charge in [0, 0.05) is 23.9 Å². The van der Waals surface area contributed by atoms with Crippen LogP contribution in [0.3, 0.4) is 0 Å². The molecule has 1 rings (SSSR count). The second-order valence-corrected chi connectivity index (χ2v) is 6.28. The third kappa shape index (κ3) is 4.48. The Kier molecular flexibility index (Phi) is 3.77. The molecule has 0 radical (unpaired) electrons. The fourth-order valence-electron chi connectivity index (χ4n) is 0.801. The fourth-order valence-corrected chi connectivity index (χ4v) is 2.91. The Hall–Kier alpha value is -0.750. The monoisotopic (exact) mass is 232 g/mol. The molecule has 0 saturated heterocycles. The maximum absolute atomic E-state index is 10.8. The van der Waals surface area contributed by atoms with Crippen LogP contribution in [0.25, 0.3) is 0 Å². The second kappa shape index (κ2) is 4.65. The summed E-state index contributed by atoms with van der Waals surface area (Å²) in [6, 6.07) is 3.42. The van der Waals surface area contributed by atoms with Gasteiger partial charge in [0.2, 0.25) is 0 Å². The summed E-state index contributed by atoms with van der Waals surface area (Å²) in [7, 11) is -2.88. The zero-order valence-corrected chi connectivity index (χ0v) is 9.44. The summed E-state index contributed by atoms with van der Waals surface area (Å²) in [6.07, 6.45) is 2.83. The number of nitrogen functional groups attached to an aromatic ring is 1. The standard InChI is InChI=1S/C8H12N2O2S2/c1-14(11,12)5-4-13-8-6-7(9)2-3-10-8/h2-3,6H,4-5H2,1H3,(H2,9,10). The maximum Gasteiger partial charge on any atom is 0.148 e. The Morgan fingerprint density at radius 1 is 1.57 bits per heavy atom. The van der Waals surface area contributed by atoms with Gasteiger partial charge in [-0.1, -0.05) is 0 Å². The molecule has 0 unspecified atom stereocenters. The molecule has 0 spiro atoms. The number of nitrogens with zero attached hydrogens (tertiary/aromatic N) is 1. The van der Waals surface area contributed by atoms with E-state index in [1.165, 1.54) is 18.0 Å². The summed E-state index contributed by atoms with van der Waals surface area (Å²) in [4.78, 5) is 4.05. The molecule has 1 aromatic heterocycles. The van der Waals surface area contributed by atoms with Crippen LogP contribution in [0.2, 0.25) is 0 Å². The van der Waals surface area contributed by atoms with E-state index in [2.05, 4.69) is 4.98 Å². The first-order chi connectivity index (χ1) is 6.47. The first kappa shape index (κ1) is 11.3. The van der Waals surface area contributed by atoms with E-state index in [-0.39, 0.29) is 5.75 Å². The lowest BCUT2D eigenvalue weighted by Gasteiger charge is -2.00. The van der Waals surface area contributed by atoms with Gasteiger partial charge >= 0.3 is 0 Å². The van der Waals surface area contributed by atoms with E-state index in [1.54, 1.807) is 18.3 Å². The molecule has 78 valence electrons. The van der Waals surface area contributed by atoms with Crippen LogP contribution in [0.5, 0.6) is 0 Å². The van der Waals surface area contributed by atoms with Crippen molar-refractivity contribution in [3.05, 3.63) is 18.3 Å². The van der Waals surface area contributed by atoms with Gasteiger partial charge in [0.05, 0.1) is 10.8 Å². The van der Waals surface area contributed by atoms with Crippen LogP contribution in [-0.4, -0.2) is 31.2 Å². The van der Waals surface area contributed by atoms with Gasteiger partial charge in [0.1, 0.15) is 9.84 Å². The molecule has 6 heteroatoms. The molecule has 0 aromatic carbocycles. The number of rotatable bonds is 4. The molecule has 0 aliphatic carbocycles. The zero-order valence-electron chi connectivity index (χ0n) is 7.80. The Balaban J connectivity index is 2.47. The average Bonchev–Trinajstić information content (AvgIpc) is 2.01. The first-order valence-electron chi connectivity index (χ1n) is 3.99. The molecule has 0 aliphatic heterocycles. The van der Waals surface area contributed by atoms with E-state index in [9.17, 15) is 8.42 Å². The van der Waals surface area contributed by atoms with Crippen molar-refractivity contribution in [1.82, 2.24) is 4.98 Å². The molecule has 0 aliphatic rings. The fraction of sp³-hybridized carbons (Fsp3) is 0.375. The van der Waals surface area contributed by atoms with E-state index in [0.29, 0.717) is 11.4 Å². The van der Waals surface area contributed by atoms with Crippen LogP contribution in [0.1, 0.15) is 0 Å². The highest BCUT2D eigenvalue weighted by Gasteiger charge is 2.03. The molecule has 0 amide bonds. The maximum atomic E-state index is 10.8. The predicted molar refractivity (Wildman–Crippen MR) is 59.1 cm³/mol.